The third kappa shape index (κ3) is 3.61. The predicted octanol–water partition coefficient (Wildman–Crippen LogP) is 4.87. The maximum Gasteiger partial charge on any atom is 0.235 e. The number of halogens is 1. The summed E-state index contributed by atoms with van der Waals surface area (Å²) in [7, 11) is 0. The Labute approximate surface area is 158 Å². The van der Waals surface area contributed by atoms with E-state index in [0.717, 1.165) is 36.9 Å². The minimum absolute atomic E-state index is 0.0544. The Bertz CT molecular complexity index is 934. The number of benzene rings is 2. The van der Waals surface area contributed by atoms with Gasteiger partial charge >= 0.3 is 0 Å². The molecule has 1 aliphatic carbocycles. The van der Waals surface area contributed by atoms with Crippen molar-refractivity contribution >= 4 is 11.6 Å². The van der Waals surface area contributed by atoms with Crippen LogP contribution in [0.3, 0.4) is 0 Å². The topological polar surface area (TPSA) is 42.0 Å². The molecule has 1 fully saturated rings. The molecule has 1 heterocycles. The average molecular weight is 360 g/mol. The Morgan fingerprint density at radius 3 is 2.33 bits per heavy atom. The fourth-order valence-electron chi connectivity index (χ4n) is 3.66. The van der Waals surface area contributed by atoms with Gasteiger partial charge in [-0.15, -0.1) is 0 Å². The molecule has 2 aromatic carbocycles. The molecule has 136 valence electrons. The number of hydrogen-bond donors (Lipinski definition) is 1. The molecule has 0 bridgehead atoms. The maximum atomic E-state index is 13.6. The van der Waals surface area contributed by atoms with E-state index in [1.807, 2.05) is 42.5 Å². The number of carbonyl (C=O) groups is 1. The molecule has 0 atom stereocenters. The zero-order chi connectivity index (χ0) is 18.7. The third-order valence-corrected chi connectivity index (χ3v) is 5.39. The smallest absolute Gasteiger partial charge is 0.235 e. The number of pyridine rings is 1. The lowest BCUT2D eigenvalue weighted by Crippen LogP contribution is -2.46. The highest BCUT2D eigenvalue weighted by molar-refractivity contribution is 5.99. The fraction of sp³-hybridized carbons (Fsp3) is 0.217. The molecule has 1 aliphatic rings. The zero-order valence-electron chi connectivity index (χ0n) is 15.0. The van der Waals surface area contributed by atoms with E-state index in [1.54, 1.807) is 18.5 Å². The summed E-state index contributed by atoms with van der Waals surface area (Å²) in [6, 6.07) is 18.3. The normalized spacial score (nSPS) is 15.0. The predicted molar refractivity (Wildman–Crippen MR) is 104 cm³/mol. The molecular formula is C23H21FN2O. The van der Waals surface area contributed by atoms with Crippen LogP contribution >= 0.6 is 0 Å². The van der Waals surface area contributed by atoms with Gasteiger partial charge in [-0.1, -0.05) is 30.7 Å². The summed E-state index contributed by atoms with van der Waals surface area (Å²) in [5, 5.41) is 3.02. The van der Waals surface area contributed by atoms with Crippen LogP contribution in [0.25, 0.3) is 0 Å². The molecule has 0 spiro atoms. The molecule has 3 aromatic rings. The molecule has 1 N–H and O–H groups in total. The van der Waals surface area contributed by atoms with Crippen molar-refractivity contribution in [1.29, 1.82) is 0 Å². The molecule has 0 radical (unpaired) electrons. The number of aromatic nitrogens is 1. The van der Waals surface area contributed by atoms with Crippen LogP contribution in [0.2, 0.25) is 0 Å². The van der Waals surface area contributed by atoms with Crippen LogP contribution in [0, 0.1) is 5.82 Å². The summed E-state index contributed by atoms with van der Waals surface area (Å²) in [4.78, 5) is 17.0. The van der Waals surface area contributed by atoms with E-state index in [4.69, 9.17) is 0 Å². The first kappa shape index (κ1) is 17.4. The van der Waals surface area contributed by atoms with E-state index in [2.05, 4.69) is 10.3 Å². The summed E-state index contributed by atoms with van der Waals surface area (Å²) in [5.74, 6) is -0.353. The van der Waals surface area contributed by atoms with Crippen molar-refractivity contribution in [3.05, 3.63) is 95.6 Å². The van der Waals surface area contributed by atoms with E-state index in [0.29, 0.717) is 0 Å². The van der Waals surface area contributed by atoms with Crippen molar-refractivity contribution in [1.82, 2.24) is 4.98 Å². The molecular weight excluding hydrogens is 339 g/mol. The first-order valence-corrected chi connectivity index (χ1v) is 9.21. The van der Waals surface area contributed by atoms with Gasteiger partial charge in [-0.2, -0.15) is 0 Å². The van der Waals surface area contributed by atoms with Crippen molar-refractivity contribution in [3.63, 3.8) is 0 Å². The molecule has 0 unspecified atom stereocenters. The Balaban J connectivity index is 1.47. The number of anilines is 1. The zero-order valence-corrected chi connectivity index (χ0v) is 15.0. The highest BCUT2D eigenvalue weighted by Gasteiger charge is 2.45. The lowest BCUT2D eigenvalue weighted by Gasteiger charge is -2.40. The van der Waals surface area contributed by atoms with Crippen molar-refractivity contribution in [2.75, 3.05) is 5.32 Å². The van der Waals surface area contributed by atoms with Gasteiger partial charge in [-0.05, 0) is 72.4 Å². The molecule has 4 heteroatoms. The van der Waals surface area contributed by atoms with Gasteiger partial charge in [0.2, 0.25) is 5.91 Å². The van der Waals surface area contributed by atoms with Gasteiger partial charge in [0.15, 0.2) is 0 Å². The van der Waals surface area contributed by atoms with E-state index in [-0.39, 0.29) is 11.7 Å². The minimum Gasteiger partial charge on any atom is -0.325 e. The van der Waals surface area contributed by atoms with Crippen LogP contribution < -0.4 is 5.32 Å². The number of carbonyl (C=O) groups excluding carboxylic acids is 1. The third-order valence-electron chi connectivity index (χ3n) is 5.39. The van der Waals surface area contributed by atoms with Gasteiger partial charge in [-0.3, -0.25) is 9.78 Å². The Morgan fingerprint density at radius 2 is 1.70 bits per heavy atom. The Kier molecular flexibility index (Phi) is 4.71. The SMILES string of the molecule is O=C(Nc1ccc(Cc2ccncc2)cc1)C1(c2cccc(F)c2)CCC1. The molecule has 4 rings (SSSR count). The highest BCUT2D eigenvalue weighted by atomic mass is 19.1. The Hall–Kier alpha value is -3.01. The van der Waals surface area contributed by atoms with Crippen molar-refractivity contribution < 1.29 is 9.18 Å². The number of nitrogens with one attached hydrogen (secondary N) is 1. The van der Waals surface area contributed by atoms with Gasteiger partial charge in [0, 0.05) is 18.1 Å². The van der Waals surface area contributed by atoms with Crippen molar-refractivity contribution in [2.24, 2.45) is 0 Å². The number of amides is 1. The highest BCUT2D eigenvalue weighted by Crippen LogP contribution is 2.44. The van der Waals surface area contributed by atoms with Crippen LogP contribution in [0.15, 0.2) is 73.1 Å². The summed E-state index contributed by atoms with van der Waals surface area (Å²) in [6.45, 7) is 0. The van der Waals surface area contributed by atoms with Crippen LogP contribution in [0.5, 0.6) is 0 Å². The van der Waals surface area contributed by atoms with Crippen molar-refractivity contribution in [2.45, 2.75) is 31.1 Å². The molecule has 0 saturated heterocycles. The van der Waals surface area contributed by atoms with Gasteiger partial charge in [0.05, 0.1) is 5.41 Å². The fourth-order valence-corrected chi connectivity index (χ4v) is 3.66. The minimum atomic E-state index is -0.613. The quantitative estimate of drug-likeness (QED) is 0.705. The van der Waals surface area contributed by atoms with Crippen LogP contribution in [-0.2, 0) is 16.6 Å². The summed E-state index contributed by atoms with van der Waals surface area (Å²) < 4.78 is 13.6. The average Bonchev–Trinajstić information content (AvgIpc) is 2.63. The van der Waals surface area contributed by atoms with Gasteiger partial charge in [-0.25, -0.2) is 4.39 Å². The van der Waals surface area contributed by atoms with Crippen LogP contribution in [0.4, 0.5) is 10.1 Å². The molecule has 1 saturated carbocycles. The first-order chi connectivity index (χ1) is 13.2. The molecule has 27 heavy (non-hydrogen) atoms. The first-order valence-electron chi connectivity index (χ1n) is 9.21. The molecule has 0 aliphatic heterocycles. The van der Waals surface area contributed by atoms with Crippen LogP contribution in [0.1, 0.15) is 36.0 Å². The standard InChI is InChI=1S/C23H21FN2O/c24-20-4-1-3-19(16-20)23(11-2-12-23)22(27)26-21-7-5-17(6-8-21)15-18-9-13-25-14-10-18/h1,3-10,13-14,16H,2,11-12,15H2,(H,26,27). The monoisotopic (exact) mass is 360 g/mol. The summed E-state index contributed by atoms with van der Waals surface area (Å²) in [5.41, 5.74) is 3.28. The van der Waals surface area contributed by atoms with E-state index in [9.17, 15) is 9.18 Å². The largest absolute Gasteiger partial charge is 0.325 e. The number of hydrogen-bond acceptors (Lipinski definition) is 2. The van der Waals surface area contributed by atoms with E-state index >= 15 is 0 Å². The number of rotatable bonds is 5. The Morgan fingerprint density at radius 1 is 1.00 bits per heavy atom. The van der Waals surface area contributed by atoms with Gasteiger partial charge in [0.25, 0.3) is 0 Å². The number of nitrogens with zero attached hydrogens (tertiary/aromatic N) is 1. The second-order valence-corrected chi connectivity index (χ2v) is 7.13. The van der Waals surface area contributed by atoms with Crippen LogP contribution in [-0.4, -0.2) is 10.9 Å². The maximum absolute atomic E-state index is 13.6. The lowest BCUT2D eigenvalue weighted by molar-refractivity contribution is -0.124. The lowest BCUT2D eigenvalue weighted by atomic mass is 9.63. The second kappa shape index (κ2) is 7.31. The summed E-state index contributed by atoms with van der Waals surface area (Å²) in [6.07, 6.45) is 6.88. The summed E-state index contributed by atoms with van der Waals surface area (Å²) >= 11 is 0. The molecule has 1 aromatic heterocycles. The van der Waals surface area contributed by atoms with Gasteiger partial charge in [0.1, 0.15) is 5.82 Å². The van der Waals surface area contributed by atoms with Crippen molar-refractivity contribution in [3.8, 4) is 0 Å². The molecule has 3 nitrogen and oxygen atoms in total. The van der Waals surface area contributed by atoms with E-state index < -0.39 is 5.41 Å². The van der Waals surface area contributed by atoms with E-state index in [1.165, 1.54) is 23.3 Å². The molecule has 1 amide bonds. The van der Waals surface area contributed by atoms with Gasteiger partial charge < -0.3 is 5.32 Å². The second-order valence-electron chi connectivity index (χ2n) is 7.13.